The number of likely N-dealkylation sites (N-methyl/N-ethyl adjacent to an activating group) is 1. The fourth-order valence-electron chi connectivity index (χ4n) is 1.71. The summed E-state index contributed by atoms with van der Waals surface area (Å²) in [6.07, 6.45) is 0.137. The third-order valence-electron chi connectivity index (χ3n) is 2.76. The van der Waals surface area contributed by atoms with Crippen LogP contribution in [0.5, 0.6) is 5.06 Å². The molecular weight excluding hydrogens is 226 g/mol. The minimum Gasteiger partial charge on any atom is -0.477 e. The quantitative estimate of drug-likeness (QED) is 0.863. The fourth-order valence-corrected chi connectivity index (χ4v) is 2.66. The lowest BCUT2D eigenvalue weighted by molar-refractivity contribution is 0.0702. The largest absolute Gasteiger partial charge is 0.477 e. The molecule has 5 heteroatoms. The molecule has 0 radical (unpaired) electrons. The van der Waals surface area contributed by atoms with Crippen molar-refractivity contribution in [3.05, 3.63) is 10.9 Å². The van der Waals surface area contributed by atoms with Gasteiger partial charge in [0.1, 0.15) is 11.0 Å². The van der Waals surface area contributed by atoms with Gasteiger partial charge >= 0.3 is 5.97 Å². The molecule has 1 aromatic rings. The molecule has 2 rings (SSSR count). The van der Waals surface area contributed by atoms with Crippen LogP contribution in [0, 0.1) is 5.92 Å². The molecule has 1 aliphatic rings. The van der Waals surface area contributed by atoms with E-state index < -0.39 is 5.97 Å². The summed E-state index contributed by atoms with van der Waals surface area (Å²) in [5.74, 6) is -0.469. The molecule has 1 unspecified atom stereocenters. The van der Waals surface area contributed by atoms with Gasteiger partial charge in [0, 0.05) is 7.05 Å². The van der Waals surface area contributed by atoms with Crippen molar-refractivity contribution >= 4 is 23.0 Å². The number of hydrogen-bond acceptors (Lipinski definition) is 4. The molecule has 16 heavy (non-hydrogen) atoms. The molecule has 0 bridgehead atoms. The molecule has 0 saturated carbocycles. The fraction of sp³-hybridized carbons (Fsp3) is 0.545. The van der Waals surface area contributed by atoms with E-state index in [1.165, 1.54) is 11.3 Å². The predicted octanol–water partition coefficient (Wildman–Crippen LogP) is 2.30. The molecule has 4 nitrogen and oxygen atoms in total. The lowest BCUT2D eigenvalue weighted by atomic mass is 10.1. The Morgan fingerprint density at radius 2 is 2.38 bits per heavy atom. The van der Waals surface area contributed by atoms with Crippen molar-refractivity contribution in [1.29, 1.82) is 0 Å². The number of hydrogen-bond donors (Lipinski definition) is 1. The number of carboxylic acids is 1. The van der Waals surface area contributed by atoms with Gasteiger partial charge in [0.05, 0.1) is 12.2 Å². The van der Waals surface area contributed by atoms with Crippen LogP contribution >= 0.6 is 11.3 Å². The van der Waals surface area contributed by atoms with Crippen LogP contribution < -0.4 is 9.64 Å². The Kier molecular flexibility index (Phi) is 2.80. The number of aromatic carboxylic acids is 1. The summed E-state index contributed by atoms with van der Waals surface area (Å²) < 4.78 is 5.81. The first-order valence-corrected chi connectivity index (χ1v) is 6.05. The van der Waals surface area contributed by atoms with E-state index in [0.717, 1.165) is 17.3 Å². The number of fused-ring (bicyclic) bond motifs is 1. The van der Waals surface area contributed by atoms with Gasteiger partial charge in [-0.05, 0) is 12.0 Å². The van der Waals surface area contributed by atoms with Gasteiger partial charge in [0.2, 0.25) is 0 Å². The zero-order chi connectivity index (χ0) is 11.9. The molecule has 0 amide bonds. The zero-order valence-corrected chi connectivity index (χ0v) is 10.4. The smallest absolute Gasteiger partial charge is 0.346 e. The van der Waals surface area contributed by atoms with E-state index in [4.69, 9.17) is 9.84 Å². The minimum atomic E-state index is -0.891. The molecule has 1 aliphatic heterocycles. The second-order valence-electron chi connectivity index (χ2n) is 4.37. The average Bonchev–Trinajstić information content (AvgIpc) is 2.61. The van der Waals surface area contributed by atoms with Gasteiger partial charge in [-0.3, -0.25) is 0 Å². The summed E-state index contributed by atoms with van der Waals surface area (Å²) in [5, 5.41) is 9.66. The van der Waals surface area contributed by atoms with E-state index in [0.29, 0.717) is 10.8 Å². The summed E-state index contributed by atoms with van der Waals surface area (Å²) in [4.78, 5) is 13.3. The van der Waals surface area contributed by atoms with E-state index >= 15 is 0 Å². The normalized spacial score (nSPS) is 19.5. The zero-order valence-electron chi connectivity index (χ0n) is 9.56. The van der Waals surface area contributed by atoms with Crippen LogP contribution in [0.4, 0.5) is 5.69 Å². The van der Waals surface area contributed by atoms with E-state index in [-0.39, 0.29) is 6.10 Å². The van der Waals surface area contributed by atoms with E-state index in [1.807, 2.05) is 7.05 Å². The Hall–Kier alpha value is -1.23. The lowest BCUT2D eigenvalue weighted by Gasteiger charge is -2.33. The molecule has 1 aromatic heterocycles. The SMILES string of the molecule is CC(C)C1CN(C)c2cc(C(=O)O)sc2O1. The maximum Gasteiger partial charge on any atom is 0.346 e. The first kappa shape index (κ1) is 11.3. The number of thiophene rings is 1. The van der Waals surface area contributed by atoms with Gasteiger partial charge in [-0.15, -0.1) is 0 Å². The Morgan fingerprint density at radius 1 is 1.69 bits per heavy atom. The average molecular weight is 241 g/mol. The lowest BCUT2D eigenvalue weighted by Crippen LogP contribution is -2.40. The van der Waals surface area contributed by atoms with Crippen LogP contribution in [0.25, 0.3) is 0 Å². The Labute approximate surface area is 98.4 Å². The van der Waals surface area contributed by atoms with Gasteiger partial charge in [-0.2, -0.15) is 0 Å². The van der Waals surface area contributed by atoms with Gasteiger partial charge in [0.15, 0.2) is 5.06 Å². The summed E-state index contributed by atoms with van der Waals surface area (Å²) in [5.41, 5.74) is 0.888. The monoisotopic (exact) mass is 241 g/mol. The van der Waals surface area contributed by atoms with Crippen LogP contribution in [-0.2, 0) is 0 Å². The maximum absolute atomic E-state index is 10.9. The Morgan fingerprint density at radius 3 is 2.94 bits per heavy atom. The first-order chi connectivity index (χ1) is 7.49. The van der Waals surface area contributed by atoms with Crippen molar-refractivity contribution in [2.75, 3.05) is 18.5 Å². The number of rotatable bonds is 2. The van der Waals surface area contributed by atoms with Gasteiger partial charge in [-0.1, -0.05) is 25.2 Å². The minimum absolute atomic E-state index is 0.137. The maximum atomic E-state index is 10.9. The highest BCUT2D eigenvalue weighted by Crippen LogP contribution is 2.41. The highest BCUT2D eigenvalue weighted by molar-refractivity contribution is 7.16. The molecular formula is C11H15NO3S. The number of carboxylic acid groups (broad SMARTS) is 1. The van der Waals surface area contributed by atoms with Crippen molar-refractivity contribution in [3.8, 4) is 5.06 Å². The molecule has 0 aliphatic carbocycles. The summed E-state index contributed by atoms with van der Waals surface area (Å²) >= 11 is 1.20. The van der Waals surface area contributed by atoms with Crippen LogP contribution in [-0.4, -0.2) is 30.8 Å². The molecule has 0 fully saturated rings. The number of carbonyl (C=O) groups is 1. The second kappa shape index (κ2) is 3.97. The standard InChI is InChI=1S/C11H15NO3S/c1-6(2)8-5-12(3)7-4-9(10(13)14)16-11(7)15-8/h4,6,8H,5H2,1-3H3,(H,13,14). The topological polar surface area (TPSA) is 49.8 Å². The molecule has 0 aromatic carbocycles. The number of anilines is 1. The summed E-state index contributed by atoms with van der Waals surface area (Å²) in [7, 11) is 1.97. The highest BCUT2D eigenvalue weighted by atomic mass is 32.1. The second-order valence-corrected chi connectivity index (χ2v) is 5.38. The molecule has 0 saturated heterocycles. The van der Waals surface area contributed by atoms with Gasteiger partial charge < -0.3 is 14.7 Å². The van der Waals surface area contributed by atoms with E-state index in [9.17, 15) is 4.79 Å². The number of nitrogens with zero attached hydrogens (tertiary/aromatic N) is 1. The van der Waals surface area contributed by atoms with Gasteiger partial charge in [0.25, 0.3) is 0 Å². The number of ether oxygens (including phenoxy) is 1. The third-order valence-corrected chi connectivity index (χ3v) is 3.76. The van der Waals surface area contributed by atoms with E-state index in [1.54, 1.807) is 6.07 Å². The molecule has 88 valence electrons. The van der Waals surface area contributed by atoms with Crippen molar-refractivity contribution < 1.29 is 14.6 Å². The van der Waals surface area contributed by atoms with Crippen LogP contribution in [0.2, 0.25) is 0 Å². The molecule has 1 atom stereocenters. The summed E-state index contributed by atoms with van der Waals surface area (Å²) in [6, 6.07) is 1.68. The van der Waals surface area contributed by atoms with Crippen molar-refractivity contribution in [1.82, 2.24) is 0 Å². The molecule has 1 N–H and O–H groups in total. The van der Waals surface area contributed by atoms with Gasteiger partial charge in [-0.25, -0.2) is 4.79 Å². The van der Waals surface area contributed by atoms with Crippen LogP contribution in [0.1, 0.15) is 23.5 Å². The third kappa shape index (κ3) is 1.87. The molecule has 0 spiro atoms. The van der Waals surface area contributed by atoms with Crippen LogP contribution in [0.3, 0.4) is 0 Å². The van der Waals surface area contributed by atoms with Crippen LogP contribution in [0.15, 0.2) is 6.07 Å². The van der Waals surface area contributed by atoms with Crippen molar-refractivity contribution in [2.45, 2.75) is 20.0 Å². The predicted molar refractivity (Wildman–Crippen MR) is 63.8 cm³/mol. The first-order valence-electron chi connectivity index (χ1n) is 5.24. The highest BCUT2D eigenvalue weighted by Gasteiger charge is 2.29. The van der Waals surface area contributed by atoms with Crippen molar-refractivity contribution in [3.63, 3.8) is 0 Å². The van der Waals surface area contributed by atoms with Crippen molar-refractivity contribution in [2.24, 2.45) is 5.92 Å². The molecule has 2 heterocycles. The van der Waals surface area contributed by atoms with E-state index in [2.05, 4.69) is 18.7 Å². The Balaban J connectivity index is 2.32. The Bertz CT molecular complexity index is 413. The summed E-state index contributed by atoms with van der Waals surface area (Å²) in [6.45, 7) is 5.02.